The zero-order valence-electron chi connectivity index (χ0n) is 11.3. The Morgan fingerprint density at radius 2 is 1.50 bits per heavy atom. The zero-order chi connectivity index (χ0) is 15.7. The molecule has 0 heterocycles. The third-order valence-electron chi connectivity index (χ3n) is 3.27. The molecule has 0 spiro atoms. The Morgan fingerprint density at radius 1 is 0.909 bits per heavy atom. The third-order valence-corrected chi connectivity index (χ3v) is 4.94. The van der Waals surface area contributed by atoms with Gasteiger partial charge in [0.2, 0.25) is 0 Å². The molecule has 22 heavy (non-hydrogen) atoms. The number of rotatable bonds is 3. The summed E-state index contributed by atoms with van der Waals surface area (Å²) >= 11 is 5.98. The van der Waals surface area contributed by atoms with Crippen molar-refractivity contribution in [2.75, 3.05) is 4.72 Å². The molecule has 0 aliphatic carbocycles. The van der Waals surface area contributed by atoms with Crippen molar-refractivity contribution in [2.24, 2.45) is 0 Å². The van der Waals surface area contributed by atoms with Crippen molar-refractivity contribution in [1.29, 1.82) is 0 Å². The summed E-state index contributed by atoms with van der Waals surface area (Å²) in [6.07, 6.45) is 0. The highest BCUT2D eigenvalue weighted by atomic mass is 35.5. The van der Waals surface area contributed by atoms with Gasteiger partial charge in [0.15, 0.2) is 0 Å². The second-order valence-electron chi connectivity index (χ2n) is 4.72. The van der Waals surface area contributed by atoms with Crippen molar-refractivity contribution >= 4 is 38.1 Å². The Kier molecular flexibility index (Phi) is 3.68. The minimum absolute atomic E-state index is 0.0695. The number of phenols is 1. The van der Waals surface area contributed by atoms with Crippen LogP contribution in [0.25, 0.3) is 10.8 Å². The summed E-state index contributed by atoms with van der Waals surface area (Å²) in [5, 5.41) is 11.1. The first kappa shape index (κ1) is 14.7. The number of hydrogen-bond acceptors (Lipinski definition) is 3. The fourth-order valence-electron chi connectivity index (χ4n) is 2.21. The van der Waals surface area contributed by atoms with E-state index in [4.69, 9.17) is 11.6 Å². The number of hydrogen-bond donors (Lipinski definition) is 2. The number of benzene rings is 3. The Hall–Kier alpha value is -2.24. The van der Waals surface area contributed by atoms with Crippen molar-refractivity contribution in [3.63, 3.8) is 0 Å². The molecule has 112 valence electrons. The second kappa shape index (κ2) is 5.51. The van der Waals surface area contributed by atoms with Gasteiger partial charge in [0.1, 0.15) is 5.75 Å². The van der Waals surface area contributed by atoms with Crippen molar-refractivity contribution < 1.29 is 13.5 Å². The van der Waals surface area contributed by atoms with E-state index in [-0.39, 0.29) is 15.7 Å². The number of sulfonamides is 1. The molecule has 4 nitrogen and oxygen atoms in total. The maximum Gasteiger partial charge on any atom is 0.261 e. The van der Waals surface area contributed by atoms with E-state index in [1.807, 2.05) is 0 Å². The lowest BCUT2D eigenvalue weighted by atomic mass is 10.1. The van der Waals surface area contributed by atoms with Crippen LogP contribution >= 0.6 is 11.6 Å². The first-order valence-electron chi connectivity index (χ1n) is 6.47. The lowest BCUT2D eigenvalue weighted by Gasteiger charge is -2.12. The topological polar surface area (TPSA) is 66.4 Å². The number of aromatic hydroxyl groups is 1. The third kappa shape index (κ3) is 2.61. The maximum atomic E-state index is 12.4. The van der Waals surface area contributed by atoms with Gasteiger partial charge in [-0.05, 0) is 18.2 Å². The normalized spacial score (nSPS) is 11.5. The van der Waals surface area contributed by atoms with Crippen LogP contribution in [0.5, 0.6) is 5.75 Å². The summed E-state index contributed by atoms with van der Waals surface area (Å²) in [7, 11) is -3.72. The SMILES string of the molecule is O=S(=O)(Nc1cc(Cl)c(O)c2ccccc12)c1ccccc1. The lowest BCUT2D eigenvalue weighted by Crippen LogP contribution is -2.13. The van der Waals surface area contributed by atoms with Gasteiger partial charge in [-0.3, -0.25) is 4.72 Å². The highest BCUT2D eigenvalue weighted by Crippen LogP contribution is 2.38. The zero-order valence-corrected chi connectivity index (χ0v) is 12.9. The van der Waals surface area contributed by atoms with E-state index < -0.39 is 10.0 Å². The van der Waals surface area contributed by atoms with E-state index in [0.717, 1.165) is 0 Å². The van der Waals surface area contributed by atoms with Crippen LogP contribution in [0.4, 0.5) is 5.69 Å². The van der Waals surface area contributed by atoms with Gasteiger partial charge in [0.25, 0.3) is 10.0 Å². The van der Waals surface area contributed by atoms with E-state index in [0.29, 0.717) is 16.5 Å². The van der Waals surface area contributed by atoms with Crippen molar-refractivity contribution in [3.05, 3.63) is 65.7 Å². The van der Waals surface area contributed by atoms with Crippen LogP contribution in [0.1, 0.15) is 0 Å². The Bertz CT molecular complexity index is 940. The monoisotopic (exact) mass is 333 g/mol. The lowest BCUT2D eigenvalue weighted by molar-refractivity contribution is 0.482. The fourth-order valence-corrected chi connectivity index (χ4v) is 3.52. The van der Waals surface area contributed by atoms with Crippen molar-refractivity contribution in [2.45, 2.75) is 4.90 Å². The smallest absolute Gasteiger partial charge is 0.261 e. The molecule has 0 saturated heterocycles. The first-order valence-corrected chi connectivity index (χ1v) is 8.33. The summed E-state index contributed by atoms with van der Waals surface area (Å²) in [4.78, 5) is 0.156. The van der Waals surface area contributed by atoms with Gasteiger partial charge < -0.3 is 5.11 Å². The number of anilines is 1. The van der Waals surface area contributed by atoms with E-state index in [1.165, 1.54) is 18.2 Å². The molecule has 0 radical (unpaired) electrons. The Balaban J connectivity index is 2.14. The minimum Gasteiger partial charge on any atom is -0.506 e. The number of phenolic OH excluding ortho intramolecular Hbond substituents is 1. The molecular formula is C16H12ClNO3S. The molecule has 0 amide bonds. The molecule has 3 aromatic rings. The number of nitrogens with one attached hydrogen (secondary N) is 1. The van der Waals surface area contributed by atoms with Crippen LogP contribution in [0.3, 0.4) is 0 Å². The molecule has 0 bridgehead atoms. The average Bonchev–Trinajstić information content (AvgIpc) is 2.53. The van der Waals surface area contributed by atoms with E-state index in [1.54, 1.807) is 42.5 Å². The van der Waals surface area contributed by atoms with Gasteiger partial charge in [-0.15, -0.1) is 0 Å². The summed E-state index contributed by atoms with van der Waals surface area (Å²) in [6.45, 7) is 0. The van der Waals surface area contributed by atoms with Crippen molar-refractivity contribution in [1.82, 2.24) is 0 Å². The van der Waals surface area contributed by atoms with Crippen LogP contribution in [-0.4, -0.2) is 13.5 Å². The van der Waals surface area contributed by atoms with E-state index >= 15 is 0 Å². The van der Waals surface area contributed by atoms with Crippen LogP contribution in [-0.2, 0) is 10.0 Å². The van der Waals surface area contributed by atoms with Crippen LogP contribution in [0.2, 0.25) is 5.02 Å². The summed E-state index contributed by atoms with van der Waals surface area (Å²) in [5.74, 6) is -0.0695. The molecule has 2 N–H and O–H groups in total. The summed E-state index contributed by atoms with van der Waals surface area (Å²) in [6, 6.07) is 16.4. The van der Waals surface area contributed by atoms with Gasteiger partial charge in [0, 0.05) is 10.8 Å². The molecule has 3 aromatic carbocycles. The molecule has 0 aromatic heterocycles. The molecular weight excluding hydrogens is 322 g/mol. The molecule has 0 saturated carbocycles. The molecule has 0 aliphatic heterocycles. The fraction of sp³-hybridized carbons (Fsp3) is 0. The number of halogens is 1. The molecule has 3 rings (SSSR count). The quantitative estimate of drug-likeness (QED) is 0.712. The van der Waals surface area contributed by atoms with Crippen LogP contribution < -0.4 is 4.72 Å². The van der Waals surface area contributed by atoms with Gasteiger partial charge >= 0.3 is 0 Å². The van der Waals surface area contributed by atoms with Crippen molar-refractivity contribution in [3.8, 4) is 5.75 Å². The van der Waals surface area contributed by atoms with E-state index in [9.17, 15) is 13.5 Å². The van der Waals surface area contributed by atoms with Crippen LogP contribution in [0.15, 0.2) is 65.6 Å². The highest BCUT2D eigenvalue weighted by Gasteiger charge is 2.17. The Labute approximate surface area is 133 Å². The second-order valence-corrected chi connectivity index (χ2v) is 6.81. The molecule has 6 heteroatoms. The molecule has 0 unspecified atom stereocenters. The maximum absolute atomic E-state index is 12.4. The Morgan fingerprint density at radius 3 is 2.18 bits per heavy atom. The largest absolute Gasteiger partial charge is 0.506 e. The van der Waals surface area contributed by atoms with Gasteiger partial charge in [-0.1, -0.05) is 54.1 Å². The standard InChI is InChI=1S/C16H12ClNO3S/c17-14-10-15(12-8-4-5-9-13(12)16(14)19)18-22(20,21)11-6-2-1-3-7-11/h1-10,18-19H. The first-order chi connectivity index (χ1) is 10.5. The number of fused-ring (bicyclic) bond motifs is 1. The van der Waals surface area contributed by atoms with Gasteiger partial charge in [0.05, 0.1) is 15.6 Å². The predicted octanol–water partition coefficient (Wildman–Crippen LogP) is 4.00. The molecule has 0 atom stereocenters. The van der Waals surface area contributed by atoms with Crippen LogP contribution in [0, 0.1) is 0 Å². The molecule has 0 fully saturated rings. The minimum atomic E-state index is -3.72. The average molecular weight is 334 g/mol. The molecule has 0 aliphatic rings. The van der Waals surface area contributed by atoms with Gasteiger partial charge in [-0.2, -0.15) is 0 Å². The van der Waals surface area contributed by atoms with Gasteiger partial charge in [-0.25, -0.2) is 8.42 Å². The van der Waals surface area contributed by atoms with E-state index in [2.05, 4.69) is 4.72 Å². The summed E-state index contributed by atoms with van der Waals surface area (Å²) in [5.41, 5.74) is 0.322. The highest BCUT2D eigenvalue weighted by molar-refractivity contribution is 7.92. The summed E-state index contributed by atoms with van der Waals surface area (Å²) < 4.78 is 27.4. The predicted molar refractivity (Wildman–Crippen MR) is 87.9 cm³/mol.